The van der Waals surface area contributed by atoms with Gasteiger partial charge in [0.2, 0.25) is 5.91 Å². The molecule has 0 saturated heterocycles. The maximum atomic E-state index is 13.3. The first-order valence-corrected chi connectivity index (χ1v) is 4.56. The highest BCUT2D eigenvalue weighted by Gasteiger charge is 2.10. The van der Waals surface area contributed by atoms with Crippen molar-refractivity contribution in [2.75, 3.05) is 7.11 Å². The van der Waals surface area contributed by atoms with Gasteiger partial charge in [0.05, 0.1) is 7.11 Å². The summed E-state index contributed by atoms with van der Waals surface area (Å²) in [6, 6.07) is 2.72. The minimum absolute atomic E-state index is 0.0725. The van der Waals surface area contributed by atoms with Crippen molar-refractivity contribution < 1.29 is 13.9 Å². The van der Waals surface area contributed by atoms with Crippen LogP contribution in [0.1, 0.15) is 11.1 Å². The fourth-order valence-corrected chi connectivity index (χ4v) is 1.28. The van der Waals surface area contributed by atoms with E-state index in [1.807, 2.05) is 0 Å². The van der Waals surface area contributed by atoms with Crippen LogP contribution in [0.4, 0.5) is 4.39 Å². The van der Waals surface area contributed by atoms with Crippen molar-refractivity contribution in [2.45, 2.75) is 6.92 Å². The summed E-state index contributed by atoms with van der Waals surface area (Å²) in [6.45, 7) is 1.61. The van der Waals surface area contributed by atoms with Crippen LogP contribution in [0.2, 0.25) is 0 Å². The Hall–Kier alpha value is -2.04. The topological polar surface area (TPSA) is 78.3 Å². The van der Waals surface area contributed by atoms with Crippen LogP contribution in [0.5, 0.6) is 5.75 Å². The van der Waals surface area contributed by atoms with E-state index in [2.05, 4.69) is 0 Å². The van der Waals surface area contributed by atoms with Gasteiger partial charge in [-0.2, -0.15) is 0 Å². The molecule has 0 aliphatic carbocycles. The van der Waals surface area contributed by atoms with E-state index < -0.39 is 11.7 Å². The lowest BCUT2D eigenvalue weighted by atomic mass is 10.1. The lowest BCUT2D eigenvalue weighted by molar-refractivity contribution is -0.113. The highest BCUT2D eigenvalue weighted by molar-refractivity contribution is 5.94. The first-order valence-electron chi connectivity index (χ1n) is 4.56. The van der Waals surface area contributed by atoms with Crippen LogP contribution in [0.3, 0.4) is 0 Å². The molecule has 86 valence electrons. The third-order valence-corrected chi connectivity index (χ3v) is 2.09. The Morgan fingerprint density at radius 3 is 2.56 bits per heavy atom. The van der Waals surface area contributed by atoms with Gasteiger partial charge >= 0.3 is 0 Å². The van der Waals surface area contributed by atoms with Gasteiger partial charge in [0.25, 0.3) is 0 Å². The second-order valence-electron chi connectivity index (χ2n) is 3.30. The SMILES string of the molecule is COc1cc(C)c(F)cc1/C(N)=C/C(N)=O. The number of halogens is 1. The minimum Gasteiger partial charge on any atom is -0.496 e. The number of hydrogen-bond acceptors (Lipinski definition) is 3. The molecule has 0 atom stereocenters. The Balaban J connectivity index is 3.32. The number of nitrogens with two attached hydrogens (primary N) is 2. The van der Waals surface area contributed by atoms with Crippen LogP contribution >= 0.6 is 0 Å². The number of primary amides is 1. The van der Waals surface area contributed by atoms with Gasteiger partial charge in [-0.3, -0.25) is 4.79 Å². The molecule has 0 aromatic heterocycles. The molecule has 1 rings (SSSR count). The normalized spacial score (nSPS) is 11.3. The molecule has 0 bridgehead atoms. The Kier molecular flexibility index (Phi) is 3.50. The van der Waals surface area contributed by atoms with Crippen LogP contribution in [0.25, 0.3) is 5.70 Å². The summed E-state index contributed by atoms with van der Waals surface area (Å²) in [5.74, 6) is -0.717. The largest absolute Gasteiger partial charge is 0.496 e. The third-order valence-electron chi connectivity index (χ3n) is 2.09. The molecule has 0 unspecified atom stereocenters. The van der Waals surface area contributed by atoms with Gasteiger partial charge in [0.1, 0.15) is 11.6 Å². The van der Waals surface area contributed by atoms with Crippen molar-refractivity contribution in [1.82, 2.24) is 0 Å². The van der Waals surface area contributed by atoms with E-state index in [9.17, 15) is 9.18 Å². The van der Waals surface area contributed by atoms with Crippen LogP contribution in [0.15, 0.2) is 18.2 Å². The fourth-order valence-electron chi connectivity index (χ4n) is 1.28. The maximum Gasteiger partial charge on any atom is 0.243 e. The molecule has 0 saturated carbocycles. The quantitative estimate of drug-likeness (QED) is 0.749. The maximum absolute atomic E-state index is 13.3. The van der Waals surface area contributed by atoms with Gasteiger partial charge in [-0.15, -0.1) is 0 Å². The number of rotatable bonds is 3. The smallest absolute Gasteiger partial charge is 0.243 e. The van der Waals surface area contributed by atoms with Crippen LogP contribution in [-0.2, 0) is 4.79 Å². The molecular weight excluding hydrogens is 211 g/mol. The Morgan fingerprint density at radius 1 is 1.44 bits per heavy atom. The standard InChI is InChI=1S/C11H13FN2O2/c1-6-3-10(16-2)7(4-8(6)12)9(13)5-11(14)15/h3-5H,13H2,1-2H3,(H2,14,15)/b9-5-. The van der Waals surface area contributed by atoms with Gasteiger partial charge in [0.15, 0.2) is 0 Å². The van der Waals surface area contributed by atoms with Gasteiger partial charge in [0, 0.05) is 17.3 Å². The summed E-state index contributed by atoms with van der Waals surface area (Å²) in [5.41, 5.74) is 11.4. The zero-order valence-electron chi connectivity index (χ0n) is 9.08. The number of carbonyl (C=O) groups excluding carboxylic acids is 1. The molecule has 4 N–H and O–H groups in total. The Labute approximate surface area is 92.7 Å². The zero-order chi connectivity index (χ0) is 12.3. The number of amides is 1. The highest BCUT2D eigenvalue weighted by Crippen LogP contribution is 2.26. The van der Waals surface area contributed by atoms with E-state index in [-0.39, 0.29) is 5.70 Å². The van der Waals surface area contributed by atoms with Crippen LogP contribution < -0.4 is 16.2 Å². The molecule has 1 aromatic carbocycles. The second kappa shape index (κ2) is 4.65. The average molecular weight is 224 g/mol. The van der Waals surface area contributed by atoms with E-state index in [1.54, 1.807) is 6.92 Å². The number of hydrogen-bond donors (Lipinski definition) is 2. The predicted octanol–water partition coefficient (Wildman–Crippen LogP) is 0.928. The first kappa shape index (κ1) is 12.0. The zero-order valence-corrected chi connectivity index (χ0v) is 9.08. The molecule has 0 aliphatic rings. The molecule has 0 aliphatic heterocycles. The van der Waals surface area contributed by atoms with E-state index in [1.165, 1.54) is 19.2 Å². The van der Waals surface area contributed by atoms with Crippen molar-refractivity contribution in [3.05, 3.63) is 35.2 Å². The molecule has 1 amide bonds. The van der Waals surface area contributed by atoms with Crippen LogP contribution in [0, 0.1) is 12.7 Å². The molecule has 0 heterocycles. The molecule has 1 aromatic rings. The first-order chi connectivity index (χ1) is 7.45. The lowest BCUT2D eigenvalue weighted by Gasteiger charge is -2.10. The molecule has 4 nitrogen and oxygen atoms in total. The van der Waals surface area contributed by atoms with Crippen molar-refractivity contribution in [2.24, 2.45) is 11.5 Å². The van der Waals surface area contributed by atoms with E-state index in [0.717, 1.165) is 6.08 Å². The number of aryl methyl sites for hydroxylation is 1. The second-order valence-corrected chi connectivity index (χ2v) is 3.30. The average Bonchev–Trinajstić information content (AvgIpc) is 2.20. The fraction of sp³-hybridized carbons (Fsp3) is 0.182. The lowest BCUT2D eigenvalue weighted by Crippen LogP contribution is -2.10. The number of methoxy groups -OCH3 is 1. The van der Waals surface area contributed by atoms with Crippen molar-refractivity contribution in [3.63, 3.8) is 0 Å². The minimum atomic E-state index is -0.694. The van der Waals surface area contributed by atoms with Crippen molar-refractivity contribution in [1.29, 1.82) is 0 Å². The molecular formula is C11H13FN2O2. The summed E-state index contributed by atoms with van der Waals surface area (Å²) in [4.78, 5) is 10.7. The Bertz CT molecular complexity index is 456. The van der Waals surface area contributed by atoms with Crippen molar-refractivity contribution in [3.8, 4) is 5.75 Å². The molecule has 5 heteroatoms. The Morgan fingerprint density at radius 2 is 2.06 bits per heavy atom. The predicted molar refractivity (Wildman–Crippen MR) is 59.0 cm³/mol. The van der Waals surface area contributed by atoms with Gasteiger partial charge in [-0.05, 0) is 24.6 Å². The molecule has 0 spiro atoms. The summed E-state index contributed by atoms with van der Waals surface area (Å²) in [6.07, 6.45) is 1.02. The number of ether oxygens (including phenoxy) is 1. The van der Waals surface area contributed by atoms with E-state index >= 15 is 0 Å². The molecule has 0 fully saturated rings. The summed E-state index contributed by atoms with van der Waals surface area (Å²) >= 11 is 0. The summed E-state index contributed by atoms with van der Waals surface area (Å²) in [7, 11) is 1.44. The molecule has 0 radical (unpaired) electrons. The number of carbonyl (C=O) groups is 1. The number of benzene rings is 1. The van der Waals surface area contributed by atoms with Crippen molar-refractivity contribution >= 4 is 11.6 Å². The van der Waals surface area contributed by atoms with Gasteiger partial charge in [-0.1, -0.05) is 0 Å². The van der Waals surface area contributed by atoms with E-state index in [0.29, 0.717) is 16.9 Å². The van der Waals surface area contributed by atoms with Gasteiger partial charge < -0.3 is 16.2 Å². The monoisotopic (exact) mass is 224 g/mol. The van der Waals surface area contributed by atoms with Gasteiger partial charge in [-0.25, -0.2) is 4.39 Å². The molecule has 16 heavy (non-hydrogen) atoms. The third kappa shape index (κ3) is 2.50. The summed E-state index contributed by atoms with van der Waals surface area (Å²) < 4.78 is 18.4. The highest BCUT2D eigenvalue weighted by atomic mass is 19.1. The van der Waals surface area contributed by atoms with E-state index in [4.69, 9.17) is 16.2 Å². The van der Waals surface area contributed by atoms with Crippen LogP contribution in [-0.4, -0.2) is 13.0 Å². The summed E-state index contributed by atoms with van der Waals surface area (Å²) in [5, 5.41) is 0.